The van der Waals surface area contributed by atoms with Gasteiger partial charge in [-0.3, -0.25) is 4.79 Å². The molecule has 0 N–H and O–H groups in total. The molecule has 0 unspecified atom stereocenters. The van der Waals surface area contributed by atoms with Crippen LogP contribution >= 0.6 is 11.3 Å². The first-order valence-electron chi connectivity index (χ1n) is 10.4. The molecular weight excluding hydrogens is 374 g/mol. The van der Waals surface area contributed by atoms with E-state index in [1.807, 2.05) is 38.1 Å². The molecule has 3 rings (SSSR count). The molecule has 2 fully saturated rings. The van der Waals surface area contributed by atoms with Gasteiger partial charge in [0.2, 0.25) is 0 Å². The Bertz CT molecular complexity index is 683. The van der Waals surface area contributed by atoms with E-state index in [-0.39, 0.29) is 12.0 Å². The minimum absolute atomic E-state index is 0.0422. The van der Waals surface area contributed by atoms with Gasteiger partial charge in [0, 0.05) is 37.5 Å². The van der Waals surface area contributed by atoms with E-state index in [0.717, 1.165) is 30.7 Å². The van der Waals surface area contributed by atoms with E-state index in [1.54, 1.807) is 16.2 Å². The van der Waals surface area contributed by atoms with E-state index < -0.39 is 5.60 Å². The van der Waals surface area contributed by atoms with Crippen molar-refractivity contribution >= 4 is 23.3 Å². The first kappa shape index (κ1) is 21.1. The highest BCUT2D eigenvalue weighted by Gasteiger charge is 2.30. The maximum absolute atomic E-state index is 12.8. The number of hydrogen-bond acceptors (Lipinski definition) is 5. The fourth-order valence-corrected chi connectivity index (χ4v) is 4.99. The lowest BCUT2D eigenvalue weighted by molar-refractivity contribution is 0.0204. The van der Waals surface area contributed by atoms with Crippen molar-refractivity contribution in [1.29, 1.82) is 0 Å². The van der Waals surface area contributed by atoms with Gasteiger partial charge in [-0.1, -0.05) is 19.3 Å². The van der Waals surface area contributed by atoms with Crippen LogP contribution in [0.4, 0.5) is 4.79 Å². The fraction of sp³-hybridized carbons (Fsp3) is 0.762. The molecule has 2 aliphatic rings. The Kier molecular flexibility index (Phi) is 6.63. The Hall–Kier alpha value is -1.63. The molecule has 0 aromatic carbocycles. The van der Waals surface area contributed by atoms with Crippen molar-refractivity contribution in [3.8, 4) is 0 Å². The van der Waals surface area contributed by atoms with Crippen LogP contribution in [-0.2, 0) is 4.74 Å². The van der Waals surface area contributed by atoms with Gasteiger partial charge in [0.25, 0.3) is 5.91 Å². The van der Waals surface area contributed by atoms with Crippen LogP contribution in [0.25, 0.3) is 0 Å². The van der Waals surface area contributed by atoms with Crippen LogP contribution in [0.1, 0.15) is 87.1 Å². The molecular formula is C21H33N3O3S. The van der Waals surface area contributed by atoms with E-state index in [4.69, 9.17) is 4.74 Å². The highest BCUT2D eigenvalue weighted by molar-refractivity contribution is 7.09. The van der Waals surface area contributed by atoms with E-state index in [0.29, 0.717) is 30.7 Å². The van der Waals surface area contributed by atoms with Crippen LogP contribution in [0.2, 0.25) is 0 Å². The van der Waals surface area contributed by atoms with Crippen LogP contribution in [-0.4, -0.2) is 58.6 Å². The molecule has 1 aliphatic carbocycles. The molecule has 7 heteroatoms. The van der Waals surface area contributed by atoms with Gasteiger partial charge in [0.15, 0.2) is 0 Å². The zero-order valence-electron chi connectivity index (χ0n) is 17.6. The molecule has 156 valence electrons. The Labute approximate surface area is 172 Å². The number of piperidine rings is 1. The monoisotopic (exact) mass is 407 g/mol. The first-order chi connectivity index (χ1) is 13.2. The van der Waals surface area contributed by atoms with Crippen molar-refractivity contribution in [3.05, 3.63) is 16.1 Å². The van der Waals surface area contributed by atoms with E-state index >= 15 is 0 Å². The second-order valence-electron chi connectivity index (χ2n) is 9.02. The molecule has 1 saturated heterocycles. The van der Waals surface area contributed by atoms with Crippen molar-refractivity contribution in [3.63, 3.8) is 0 Å². The van der Waals surface area contributed by atoms with Crippen molar-refractivity contribution in [2.45, 2.75) is 83.3 Å². The molecule has 0 bridgehead atoms. The van der Waals surface area contributed by atoms with Crippen LogP contribution in [0.3, 0.4) is 0 Å². The summed E-state index contributed by atoms with van der Waals surface area (Å²) in [6.45, 7) is 7.00. The second-order valence-corrected chi connectivity index (χ2v) is 9.91. The number of ether oxygens (including phenoxy) is 1. The lowest BCUT2D eigenvalue weighted by Gasteiger charge is -2.32. The summed E-state index contributed by atoms with van der Waals surface area (Å²) in [7, 11) is 1.91. The Balaban J connectivity index is 1.54. The number of carbonyl (C=O) groups is 2. The maximum atomic E-state index is 12.8. The largest absolute Gasteiger partial charge is 0.444 e. The van der Waals surface area contributed by atoms with Crippen LogP contribution in [0, 0.1) is 0 Å². The molecule has 1 aromatic heterocycles. The summed E-state index contributed by atoms with van der Waals surface area (Å²) in [5.74, 6) is 0.353. The SMILES string of the molecule is CN(C(=O)c1csc(C2CCN(C(=O)OC(C)(C)C)CC2)n1)C1CCCCC1. The average molecular weight is 408 g/mol. The number of carbonyl (C=O) groups excluding carboxylic acids is 2. The number of hydrogen-bond donors (Lipinski definition) is 0. The average Bonchev–Trinajstić information content (AvgIpc) is 3.16. The third-order valence-electron chi connectivity index (χ3n) is 5.68. The third kappa shape index (κ3) is 5.25. The summed E-state index contributed by atoms with van der Waals surface area (Å²) >= 11 is 1.57. The molecule has 1 aliphatic heterocycles. The van der Waals surface area contributed by atoms with Gasteiger partial charge < -0.3 is 14.5 Å². The van der Waals surface area contributed by atoms with Crippen molar-refractivity contribution in [1.82, 2.24) is 14.8 Å². The van der Waals surface area contributed by atoms with Gasteiger partial charge in [-0.25, -0.2) is 9.78 Å². The smallest absolute Gasteiger partial charge is 0.410 e. The van der Waals surface area contributed by atoms with Crippen molar-refractivity contribution < 1.29 is 14.3 Å². The summed E-state index contributed by atoms with van der Waals surface area (Å²) in [5.41, 5.74) is 0.103. The van der Waals surface area contributed by atoms with E-state index in [2.05, 4.69) is 4.98 Å². The topological polar surface area (TPSA) is 62.7 Å². The summed E-state index contributed by atoms with van der Waals surface area (Å²) in [5, 5.41) is 2.92. The zero-order chi connectivity index (χ0) is 20.3. The molecule has 0 radical (unpaired) electrons. The summed E-state index contributed by atoms with van der Waals surface area (Å²) in [6.07, 6.45) is 7.38. The van der Waals surface area contributed by atoms with E-state index in [9.17, 15) is 9.59 Å². The number of likely N-dealkylation sites (tertiary alicyclic amines) is 1. The highest BCUT2D eigenvalue weighted by Crippen LogP contribution is 2.31. The van der Waals surface area contributed by atoms with Gasteiger partial charge in [-0.05, 0) is 46.5 Å². The molecule has 28 heavy (non-hydrogen) atoms. The van der Waals surface area contributed by atoms with E-state index in [1.165, 1.54) is 19.3 Å². The molecule has 0 spiro atoms. The number of amides is 2. The quantitative estimate of drug-likeness (QED) is 0.731. The second kappa shape index (κ2) is 8.80. The van der Waals surface area contributed by atoms with Gasteiger partial charge in [0.05, 0.1) is 5.01 Å². The molecule has 2 heterocycles. The number of nitrogens with zero attached hydrogens (tertiary/aromatic N) is 3. The molecule has 1 saturated carbocycles. The molecule has 6 nitrogen and oxygen atoms in total. The number of thiazole rings is 1. The third-order valence-corrected chi connectivity index (χ3v) is 6.69. The number of rotatable bonds is 3. The first-order valence-corrected chi connectivity index (χ1v) is 11.3. The van der Waals surface area contributed by atoms with Crippen LogP contribution in [0.5, 0.6) is 0 Å². The standard InChI is InChI=1S/C21H33N3O3S/c1-21(2,3)27-20(26)24-12-10-15(11-13-24)18-22-17(14-28-18)19(25)23(4)16-8-6-5-7-9-16/h14-16H,5-13H2,1-4H3. The highest BCUT2D eigenvalue weighted by atomic mass is 32.1. The molecule has 1 aromatic rings. The Morgan fingerprint density at radius 3 is 2.39 bits per heavy atom. The van der Waals surface area contributed by atoms with Gasteiger partial charge in [0.1, 0.15) is 11.3 Å². The van der Waals surface area contributed by atoms with Crippen molar-refractivity contribution in [2.24, 2.45) is 0 Å². The van der Waals surface area contributed by atoms with Crippen molar-refractivity contribution in [2.75, 3.05) is 20.1 Å². The predicted molar refractivity (Wildman–Crippen MR) is 111 cm³/mol. The van der Waals surface area contributed by atoms with Gasteiger partial charge in [-0.2, -0.15) is 0 Å². The fourth-order valence-electron chi connectivity index (χ4n) is 4.02. The summed E-state index contributed by atoms with van der Waals surface area (Å²) in [4.78, 5) is 33.4. The van der Waals surface area contributed by atoms with Crippen LogP contribution in [0.15, 0.2) is 5.38 Å². The van der Waals surface area contributed by atoms with Crippen LogP contribution < -0.4 is 0 Å². The summed E-state index contributed by atoms with van der Waals surface area (Å²) in [6, 6.07) is 0.350. The minimum Gasteiger partial charge on any atom is -0.444 e. The maximum Gasteiger partial charge on any atom is 0.410 e. The minimum atomic E-state index is -0.469. The Morgan fingerprint density at radius 1 is 1.14 bits per heavy atom. The summed E-state index contributed by atoms with van der Waals surface area (Å²) < 4.78 is 5.46. The lowest BCUT2D eigenvalue weighted by Crippen LogP contribution is -2.41. The predicted octanol–water partition coefficient (Wildman–Crippen LogP) is 4.66. The van der Waals surface area contributed by atoms with Gasteiger partial charge in [-0.15, -0.1) is 11.3 Å². The number of aromatic nitrogens is 1. The molecule has 0 atom stereocenters. The lowest BCUT2D eigenvalue weighted by atomic mass is 9.94. The zero-order valence-corrected chi connectivity index (χ0v) is 18.4. The normalized spacial score (nSPS) is 19.5. The van der Waals surface area contributed by atoms with Gasteiger partial charge >= 0.3 is 6.09 Å². The molecule has 2 amide bonds. The Morgan fingerprint density at radius 2 is 1.79 bits per heavy atom.